The monoisotopic (exact) mass is 298 g/mol. The molecule has 0 unspecified atom stereocenters. The third-order valence-corrected chi connectivity index (χ3v) is 3.40. The number of ether oxygens (including phenoxy) is 2. The van der Waals surface area contributed by atoms with Crippen LogP contribution in [0.25, 0.3) is 0 Å². The molecule has 2 rings (SSSR count). The van der Waals surface area contributed by atoms with Crippen molar-refractivity contribution in [1.29, 1.82) is 0 Å². The van der Waals surface area contributed by atoms with E-state index in [1.807, 2.05) is 18.2 Å². The van der Waals surface area contributed by atoms with Crippen molar-refractivity contribution >= 4 is 6.29 Å². The molecule has 3 heteroatoms. The fourth-order valence-electron chi connectivity index (χ4n) is 2.21. The maximum atomic E-state index is 10.9. The Hall–Kier alpha value is -2.29. The van der Waals surface area contributed by atoms with Crippen molar-refractivity contribution in [3.8, 4) is 11.5 Å². The van der Waals surface area contributed by atoms with Crippen molar-refractivity contribution in [2.24, 2.45) is 0 Å². The van der Waals surface area contributed by atoms with E-state index in [-0.39, 0.29) is 0 Å². The van der Waals surface area contributed by atoms with Crippen LogP contribution in [0.1, 0.15) is 41.3 Å². The van der Waals surface area contributed by atoms with Crippen molar-refractivity contribution in [3.05, 3.63) is 59.2 Å². The van der Waals surface area contributed by atoms with Crippen molar-refractivity contribution in [1.82, 2.24) is 0 Å². The highest BCUT2D eigenvalue weighted by Gasteiger charge is 2.04. The van der Waals surface area contributed by atoms with Gasteiger partial charge in [-0.15, -0.1) is 0 Å². The first-order valence-corrected chi connectivity index (χ1v) is 7.51. The van der Waals surface area contributed by atoms with Crippen molar-refractivity contribution in [2.45, 2.75) is 26.7 Å². The first kappa shape index (κ1) is 16.1. The molecule has 0 aliphatic heterocycles. The number of rotatable bonds is 7. The van der Waals surface area contributed by atoms with E-state index < -0.39 is 0 Å². The minimum absolute atomic E-state index is 0.399. The Kier molecular flexibility index (Phi) is 5.59. The molecule has 2 aromatic carbocycles. The molecule has 0 atom stereocenters. The zero-order valence-corrected chi connectivity index (χ0v) is 13.3. The number of hydrogen-bond donors (Lipinski definition) is 0. The number of aldehydes is 1. The van der Waals surface area contributed by atoms with Gasteiger partial charge in [0.2, 0.25) is 0 Å². The van der Waals surface area contributed by atoms with Gasteiger partial charge in [-0.2, -0.15) is 0 Å². The van der Waals surface area contributed by atoms with Gasteiger partial charge in [0.1, 0.15) is 24.7 Å². The second-order valence-corrected chi connectivity index (χ2v) is 5.59. The lowest BCUT2D eigenvalue weighted by Crippen LogP contribution is -2.10. The first-order chi connectivity index (χ1) is 10.6. The molecule has 0 amide bonds. The second-order valence-electron chi connectivity index (χ2n) is 5.59. The van der Waals surface area contributed by atoms with Crippen LogP contribution in [0.2, 0.25) is 0 Å². The van der Waals surface area contributed by atoms with Crippen molar-refractivity contribution in [2.75, 3.05) is 13.2 Å². The second kappa shape index (κ2) is 7.64. The Morgan fingerprint density at radius 2 is 1.77 bits per heavy atom. The normalized spacial score (nSPS) is 10.5. The molecule has 0 aromatic heterocycles. The molecule has 0 aliphatic rings. The lowest BCUT2D eigenvalue weighted by Gasteiger charge is -2.13. The lowest BCUT2D eigenvalue weighted by molar-refractivity contribution is 0.111. The molecule has 0 bridgehead atoms. The van der Waals surface area contributed by atoms with E-state index in [0.29, 0.717) is 30.4 Å². The molecule has 0 fully saturated rings. The van der Waals surface area contributed by atoms with Gasteiger partial charge >= 0.3 is 0 Å². The predicted molar refractivity (Wildman–Crippen MR) is 88.1 cm³/mol. The van der Waals surface area contributed by atoms with Crippen LogP contribution in [-0.2, 0) is 0 Å². The molecule has 0 saturated carbocycles. The van der Waals surface area contributed by atoms with Gasteiger partial charge in [0.15, 0.2) is 6.29 Å². The van der Waals surface area contributed by atoms with Crippen LogP contribution in [0, 0.1) is 6.92 Å². The standard InChI is InChI=1S/C19H22O3/c1-14(2)17-10-15(3)11-18(12-17)21-8-9-22-19-7-5-4-6-16(19)13-20/h4-7,10-14H,8-9H2,1-3H3. The van der Waals surface area contributed by atoms with E-state index in [1.165, 1.54) is 11.1 Å². The minimum Gasteiger partial charge on any atom is -0.490 e. The summed E-state index contributed by atoms with van der Waals surface area (Å²) < 4.78 is 11.4. The Balaban J connectivity index is 1.90. The van der Waals surface area contributed by atoms with Crippen LogP contribution in [-0.4, -0.2) is 19.5 Å². The van der Waals surface area contributed by atoms with Gasteiger partial charge in [-0.1, -0.05) is 32.0 Å². The highest BCUT2D eigenvalue weighted by Crippen LogP contribution is 2.23. The smallest absolute Gasteiger partial charge is 0.153 e. The molecule has 3 nitrogen and oxygen atoms in total. The zero-order chi connectivity index (χ0) is 15.9. The summed E-state index contributed by atoms with van der Waals surface area (Å²) in [7, 11) is 0. The highest BCUT2D eigenvalue weighted by molar-refractivity contribution is 5.79. The number of carbonyl (C=O) groups is 1. The summed E-state index contributed by atoms with van der Waals surface area (Å²) in [5, 5.41) is 0. The summed E-state index contributed by atoms with van der Waals surface area (Å²) in [6.45, 7) is 7.23. The Morgan fingerprint density at radius 1 is 1.05 bits per heavy atom. The zero-order valence-electron chi connectivity index (χ0n) is 13.3. The van der Waals surface area contributed by atoms with Gasteiger partial charge in [0.05, 0.1) is 5.56 Å². The van der Waals surface area contributed by atoms with E-state index in [2.05, 4.69) is 32.9 Å². The van der Waals surface area contributed by atoms with E-state index in [1.54, 1.807) is 12.1 Å². The molecule has 0 saturated heterocycles. The number of aryl methyl sites for hydroxylation is 1. The van der Waals surface area contributed by atoms with Crippen molar-refractivity contribution < 1.29 is 14.3 Å². The molecular formula is C19H22O3. The molecule has 0 radical (unpaired) electrons. The quantitative estimate of drug-likeness (QED) is 0.562. The third kappa shape index (κ3) is 4.35. The van der Waals surface area contributed by atoms with Gasteiger partial charge < -0.3 is 9.47 Å². The minimum atomic E-state index is 0.399. The van der Waals surface area contributed by atoms with Gasteiger partial charge in [0, 0.05) is 0 Å². The van der Waals surface area contributed by atoms with Crippen LogP contribution in [0.4, 0.5) is 0 Å². The summed E-state index contributed by atoms with van der Waals surface area (Å²) >= 11 is 0. The predicted octanol–water partition coefficient (Wildman–Crippen LogP) is 4.39. The SMILES string of the molecule is Cc1cc(OCCOc2ccccc2C=O)cc(C(C)C)c1. The molecule has 0 spiro atoms. The summed E-state index contributed by atoms with van der Waals surface area (Å²) in [5.74, 6) is 1.92. The van der Waals surface area contributed by atoms with E-state index in [4.69, 9.17) is 9.47 Å². The molecule has 22 heavy (non-hydrogen) atoms. The van der Waals surface area contributed by atoms with Gasteiger partial charge in [0.25, 0.3) is 0 Å². The van der Waals surface area contributed by atoms with Gasteiger partial charge in [-0.05, 0) is 48.2 Å². The topological polar surface area (TPSA) is 35.5 Å². The van der Waals surface area contributed by atoms with Gasteiger partial charge in [-0.25, -0.2) is 0 Å². The summed E-state index contributed by atoms with van der Waals surface area (Å²) in [4.78, 5) is 10.9. The largest absolute Gasteiger partial charge is 0.490 e. The van der Waals surface area contributed by atoms with E-state index in [9.17, 15) is 4.79 Å². The molecule has 0 N–H and O–H groups in total. The Bertz CT molecular complexity index is 632. The van der Waals surface area contributed by atoms with E-state index in [0.717, 1.165) is 12.0 Å². The highest BCUT2D eigenvalue weighted by atomic mass is 16.5. The van der Waals surface area contributed by atoms with E-state index >= 15 is 0 Å². The van der Waals surface area contributed by atoms with Crippen LogP contribution < -0.4 is 9.47 Å². The third-order valence-electron chi connectivity index (χ3n) is 3.40. The van der Waals surface area contributed by atoms with Crippen LogP contribution >= 0.6 is 0 Å². The average Bonchev–Trinajstić information content (AvgIpc) is 2.51. The maximum Gasteiger partial charge on any atom is 0.153 e. The summed E-state index contributed by atoms with van der Waals surface area (Å²) in [5.41, 5.74) is 3.01. The van der Waals surface area contributed by atoms with Crippen LogP contribution in [0.5, 0.6) is 11.5 Å². The summed E-state index contributed by atoms with van der Waals surface area (Å²) in [6.07, 6.45) is 0.797. The number of para-hydroxylation sites is 1. The fraction of sp³-hybridized carbons (Fsp3) is 0.316. The van der Waals surface area contributed by atoms with Crippen molar-refractivity contribution in [3.63, 3.8) is 0 Å². The number of benzene rings is 2. The molecule has 0 aliphatic carbocycles. The molecule has 2 aromatic rings. The Labute approximate surface area is 131 Å². The maximum absolute atomic E-state index is 10.9. The summed E-state index contributed by atoms with van der Waals surface area (Å²) in [6, 6.07) is 13.4. The first-order valence-electron chi connectivity index (χ1n) is 7.51. The number of carbonyl (C=O) groups excluding carboxylic acids is 1. The molecule has 116 valence electrons. The van der Waals surface area contributed by atoms with Crippen LogP contribution in [0.15, 0.2) is 42.5 Å². The lowest BCUT2D eigenvalue weighted by atomic mass is 10.0. The molecular weight excluding hydrogens is 276 g/mol. The fourth-order valence-corrected chi connectivity index (χ4v) is 2.21. The van der Waals surface area contributed by atoms with Crippen LogP contribution in [0.3, 0.4) is 0 Å². The Morgan fingerprint density at radius 3 is 2.50 bits per heavy atom. The number of hydrogen-bond acceptors (Lipinski definition) is 3. The average molecular weight is 298 g/mol. The molecule has 0 heterocycles. The van der Waals surface area contributed by atoms with Gasteiger partial charge in [-0.3, -0.25) is 4.79 Å².